The van der Waals surface area contributed by atoms with Crippen LogP contribution in [-0.4, -0.2) is 25.5 Å². The zero-order valence-electron chi connectivity index (χ0n) is 18.7. The topological polar surface area (TPSA) is 104 Å². The summed E-state index contributed by atoms with van der Waals surface area (Å²) in [5.41, 5.74) is 4.82. The summed E-state index contributed by atoms with van der Waals surface area (Å²) in [6, 6.07) is 13.2. The predicted molar refractivity (Wildman–Crippen MR) is 130 cm³/mol. The lowest BCUT2D eigenvalue weighted by atomic mass is 10.1. The van der Waals surface area contributed by atoms with E-state index in [1.165, 1.54) is 4.52 Å². The van der Waals surface area contributed by atoms with Crippen LogP contribution < -0.4 is 16.2 Å². The quantitative estimate of drug-likeness (QED) is 0.380. The molecule has 170 valence electrons. The average Bonchev–Trinajstić information content (AvgIpc) is 3.19. The molecule has 0 aliphatic carbocycles. The van der Waals surface area contributed by atoms with E-state index in [0.717, 1.165) is 22.4 Å². The van der Waals surface area contributed by atoms with Crippen LogP contribution in [0.25, 0.3) is 5.78 Å². The van der Waals surface area contributed by atoms with E-state index >= 15 is 0 Å². The fourth-order valence-electron chi connectivity index (χ4n) is 3.49. The molecule has 4 aromatic rings. The number of halogens is 1. The van der Waals surface area contributed by atoms with Crippen LogP contribution in [0.2, 0.25) is 5.02 Å². The Hall–Kier alpha value is -3.65. The Balaban J connectivity index is 1.45. The maximum absolute atomic E-state index is 13.0. The molecule has 1 amide bonds. The van der Waals surface area contributed by atoms with E-state index in [9.17, 15) is 9.59 Å². The van der Waals surface area contributed by atoms with E-state index in [1.54, 1.807) is 6.92 Å². The molecule has 4 rings (SSSR count). The molecule has 3 N–H and O–H groups in total. The molecule has 0 atom stereocenters. The highest BCUT2D eigenvalue weighted by Gasteiger charge is 2.15. The molecule has 2 aromatic carbocycles. The maximum atomic E-state index is 13.0. The third-order valence-electron chi connectivity index (χ3n) is 5.56. The Morgan fingerprint density at radius 2 is 1.82 bits per heavy atom. The summed E-state index contributed by atoms with van der Waals surface area (Å²) in [6.45, 7) is 6.29. The number of nitrogens with zero attached hydrogens (tertiary/aromatic N) is 3. The molecule has 0 spiro atoms. The predicted octanol–water partition coefficient (Wildman–Crippen LogP) is 4.18. The SMILES string of the molecule is Cc1ccc(NC(=O)CCc2c(C)nc3nc(NCc4ccc(Cl)cc4)[nH]n3c2=O)cc1C. The van der Waals surface area contributed by atoms with Crippen molar-refractivity contribution in [2.24, 2.45) is 0 Å². The lowest BCUT2D eigenvalue weighted by molar-refractivity contribution is -0.116. The van der Waals surface area contributed by atoms with Gasteiger partial charge in [-0.3, -0.25) is 14.7 Å². The highest BCUT2D eigenvalue weighted by Crippen LogP contribution is 2.15. The van der Waals surface area contributed by atoms with Gasteiger partial charge in [-0.25, -0.2) is 4.98 Å². The van der Waals surface area contributed by atoms with Crippen LogP contribution in [0.5, 0.6) is 0 Å². The third-order valence-corrected chi connectivity index (χ3v) is 5.81. The van der Waals surface area contributed by atoms with Crippen molar-refractivity contribution in [1.82, 2.24) is 19.6 Å². The standard InChI is InChI=1S/C24H25ClN6O2/c1-14-4-9-19(12-15(14)2)28-21(32)11-10-20-16(3)27-24-29-23(30-31(24)22(20)33)26-13-17-5-7-18(25)8-6-17/h4-9,12H,10-11,13H2,1-3H3,(H,28,32)(H2,26,27,29,30). The van der Waals surface area contributed by atoms with Gasteiger partial charge in [0.05, 0.1) is 5.69 Å². The number of aromatic nitrogens is 4. The molecule has 0 aliphatic rings. The molecule has 0 saturated heterocycles. The lowest BCUT2D eigenvalue weighted by Crippen LogP contribution is -2.23. The first kappa shape index (κ1) is 22.5. The second-order valence-corrected chi connectivity index (χ2v) is 8.45. The van der Waals surface area contributed by atoms with Gasteiger partial charge in [0.15, 0.2) is 0 Å². The molecule has 0 fully saturated rings. The van der Waals surface area contributed by atoms with Gasteiger partial charge in [-0.2, -0.15) is 9.50 Å². The molecule has 0 bridgehead atoms. The third kappa shape index (κ3) is 5.23. The second kappa shape index (κ2) is 9.46. The molecule has 0 unspecified atom stereocenters. The van der Waals surface area contributed by atoms with E-state index in [4.69, 9.17) is 11.6 Å². The lowest BCUT2D eigenvalue weighted by Gasteiger charge is -2.08. The van der Waals surface area contributed by atoms with Gasteiger partial charge in [0, 0.05) is 29.2 Å². The highest BCUT2D eigenvalue weighted by atomic mass is 35.5. The Morgan fingerprint density at radius 3 is 2.55 bits per heavy atom. The first-order valence-corrected chi connectivity index (χ1v) is 11.0. The molecule has 0 saturated carbocycles. The summed E-state index contributed by atoms with van der Waals surface area (Å²) < 4.78 is 1.30. The Bertz CT molecular complexity index is 1370. The molecule has 33 heavy (non-hydrogen) atoms. The summed E-state index contributed by atoms with van der Waals surface area (Å²) in [6.07, 6.45) is 0.455. The number of aromatic amines is 1. The summed E-state index contributed by atoms with van der Waals surface area (Å²) >= 11 is 5.92. The molecule has 9 heteroatoms. The second-order valence-electron chi connectivity index (χ2n) is 8.02. The van der Waals surface area contributed by atoms with Crippen LogP contribution in [0.4, 0.5) is 11.6 Å². The van der Waals surface area contributed by atoms with Crippen molar-refractivity contribution >= 4 is 34.9 Å². The fraction of sp³-hybridized carbons (Fsp3) is 0.250. The van der Waals surface area contributed by atoms with E-state index in [-0.39, 0.29) is 30.1 Å². The van der Waals surface area contributed by atoms with Gasteiger partial charge in [0.2, 0.25) is 11.9 Å². The van der Waals surface area contributed by atoms with Crippen LogP contribution in [0.15, 0.2) is 47.3 Å². The van der Waals surface area contributed by atoms with Gasteiger partial charge in [0.1, 0.15) is 0 Å². The first-order valence-electron chi connectivity index (χ1n) is 10.6. The first-order chi connectivity index (χ1) is 15.8. The molecule has 2 heterocycles. The zero-order valence-corrected chi connectivity index (χ0v) is 19.5. The van der Waals surface area contributed by atoms with Gasteiger partial charge < -0.3 is 10.6 Å². The summed E-state index contributed by atoms with van der Waals surface area (Å²) in [4.78, 5) is 34.2. The molecule has 0 radical (unpaired) electrons. The fourth-order valence-corrected chi connectivity index (χ4v) is 3.62. The highest BCUT2D eigenvalue weighted by molar-refractivity contribution is 6.30. The van der Waals surface area contributed by atoms with Gasteiger partial charge >= 0.3 is 0 Å². The number of carbonyl (C=O) groups is 1. The van der Waals surface area contributed by atoms with Gasteiger partial charge in [-0.15, -0.1) is 0 Å². The van der Waals surface area contributed by atoms with Crippen LogP contribution in [0.3, 0.4) is 0 Å². The van der Waals surface area contributed by atoms with Crippen LogP contribution in [0, 0.1) is 20.8 Å². The van der Waals surface area contributed by atoms with Crippen molar-refractivity contribution in [3.05, 3.63) is 85.8 Å². The van der Waals surface area contributed by atoms with Gasteiger partial charge in [-0.05, 0) is 68.1 Å². The largest absolute Gasteiger partial charge is 0.351 e. The summed E-state index contributed by atoms with van der Waals surface area (Å²) in [7, 11) is 0. The van der Waals surface area contributed by atoms with E-state index in [0.29, 0.717) is 28.8 Å². The number of hydrogen-bond donors (Lipinski definition) is 3. The number of H-pyrrole nitrogens is 1. The summed E-state index contributed by atoms with van der Waals surface area (Å²) in [5, 5.41) is 9.65. The zero-order chi connectivity index (χ0) is 23.5. The normalized spacial score (nSPS) is 11.0. The minimum Gasteiger partial charge on any atom is -0.351 e. The van der Waals surface area contributed by atoms with E-state index in [1.807, 2.05) is 56.3 Å². The Kier molecular flexibility index (Phi) is 6.46. The van der Waals surface area contributed by atoms with E-state index < -0.39 is 0 Å². The number of rotatable bonds is 7. The number of fused-ring (bicyclic) bond motifs is 1. The molecular formula is C24H25ClN6O2. The van der Waals surface area contributed by atoms with Crippen molar-refractivity contribution < 1.29 is 4.79 Å². The van der Waals surface area contributed by atoms with E-state index in [2.05, 4.69) is 25.7 Å². The Labute approximate surface area is 196 Å². The van der Waals surface area contributed by atoms with Crippen LogP contribution >= 0.6 is 11.6 Å². The van der Waals surface area contributed by atoms with Crippen molar-refractivity contribution in [3.63, 3.8) is 0 Å². The number of nitrogens with one attached hydrogen (secondary N) is 3. The van der Waals surface area contributed by atoms with Crippen molar-refractivity contribution in [2.75, 3.05) is 10.6 Å². The van der Waals surface area contributed by atoms with Crippen LogP contribution in [0.1, 0.15) is 34.4 Å². The number of amides is 1. The number of aryl methyl sites for hydroxylation is 3. The molecular weight excluding hydrogens is 440 g/mol. The summed E-state index contributed by atoms with van der Waals surface area (Å²) in [5.74, 6) is 0.551. The maximum Gasteiger partial charge on any atom is 0.277 e. The molecule has 0 aliphatic heterocycles. The number of benzene rings is 2. The van der Waals surface area contributed by atoms with Crippen molar-refractivity contribution in [3.8, 4) is 0 Å². The number of carbonyl (C=O) groups excluding carboxylic acids is 1. The minimum absolute atomic E-state index is 0.155. The van der Waals surface area contributed by atoms with Gasteiger partial charge in [0.25, 0.3) is 11.3 Å². The molecule has 2 aromatic heterocycles. The molecule has 8 nitrogen and oxygen atoms in total. The van der Waals surface area contributed by atoms with Crippen LogP contribution in [-0.2, 0) is 17.8 Å². The van der Waals surface area contributed by atoms with Crippen molar-refractivity contribution in [2.45, 2.75) is 40.2 Å². The van der Waals surface area contributed by atoms with Crippen molar-refractivity contribution in [1.29, 1.82) is 0 Å². The monoisotopic (exact) mass is 464 g/mol. The average molecular weight is 465 g/mol. The smallest absolute Gasteiger partial charge is 0.277 e. The minimum atomic E-state index is -0.261. The number of hydrogen-bond acceptors (Lipinski definition) is 5. The number of anilines is 2. The Morgan fingerprint density at radius 1 is 1.06 bits per heavy atom. The van der Waals surface area contributed by atoms with Gasteiger partial charge in [-0.1, -0.05) is 29.8 Å².